The smallest absolute Gasteiger partial charge is 0.410 e. The van der Waals surface area contributed by atoms with E-state index in [4.69, 9.17) is 14.5 Å². The number of carboxylic acid groups (broad SMARTS) is 1. The summed E-state index contributed by atoms with van der Waals surface area (Å²) in [6, 6.07) is 1.77. The number of amides is 3. The van der Waals surface area contributed by atoms with Crippen LogP contribution in [0.25, 0.3) is 0 Å². The number of carboxylic acids is 1. The van der Waals surface area contributed by atoms with Crippen LogP contribution in [0.2, 0.25) is 0 Å². The third-order valence-corrected chi connectivity index (χ3v) is 7.54. The van der Waals surface area contributed by atoms with E-state index in [0.29, 0.717) is 13.1 Å². The SMILES string of the molecule is CC(C)[C@H](NC(=O)OC(C)(C)C)C(=O)N1C[C@H](OC(=O)N2Cc3ccc(N4CCN(C)CC4)nc3C2)C[C@H]1C(=O)O. The Morgan fingerprint density at radius 3 is 2.37 bits per heavy atom. The summed E-state index contributed by atoms with van der Waals surface area (Å²) in [5.74, 6) is -1.21. The van der Waals surface area contributed by atoms with Crippen LogP contribution in [0.1, 0.15) is 52.3 Å². The van der Waals surface area contributed by atoms with E-state index in [1.807, 2.05) is 12.1 Å². The molecule has 0 aliphatic carbocycles. The van der Waals surface area contributed by atoms with Gasteiger partial charge in [0.25, 0.3) is 0 Å². The Balaban J connectivity index is 1.38. The highest BCUT2D eigenvalue weighted by atomic mass is 16.6. The minimum atomic E-state index is -1.20. The number of rotatable bonds is 6. The van der Waals surface area contributed by atoms with E-state index in [1.54, 1.807) is 34.6 Å². The number of nitrogens with zero attached hydrogens (tertiary/aromatic N) is 5. The van der Waals surface area contributed by atoms with Gasteiger partial charge in [-0.2, -0.15) is 0 Å². The molecule has 3 amide bonds. The van der Waals surface area contributed by atoms with Gasteiger partial charge < -0.3 is 34.6 Å². The molecule has 226 valence electrons. The monoisotopic (exact) mass is 574 g/mol. The minimum Gasteiger partial charge on any atom is -0.480 e. The summed E-state index contributed by atoms with van der Waals surface area (Å²) in [6.45, 7) is 12.9. The molecule has 3 atom stereocenters. The number of hydrogen-bond acceptors (Lipinski definition) is 9. The molecule has 41 heavy (non-hydrogen) atoms. The number of nitrogens with one attached hydrogen (secondary N) is 1. The average molecular weight is 575 g/mol. The van der Waals surface area contributed by atoms with Crippen molar-refractivity contribution in [1.82, 2.24) is 25.0 Å². The lowest BCUT2D eigenvalue weighted by atomic mass is 10.0. The molecule has 4 heterocycles. The Morgan fingerprint density at radius 1 is 1.07 bits per heavy atom. The van der Waals surface area contributed by atoms with Crippen molar-refractivity contribution in [3.05, 3.63) is 23.4 Å². The summed E-state index contributed by atoms with van der Waals surface area (Å²) < 4.78 is 11.0. The maximum Gasteiger partial charge on any atom is 0.410 e. The van der Waals surface area contributed by atoms with E-state index in [1.165, 1.54) is 9.80 Å². The number of pyridine rings is 1. The van der Waals surface area contributed by atoms with Crippen molar-refractivity contribution in [2.75, 3.05) is 44.7 Å². The quantitative estimate of drug-likeness (QED) is 0.517. The molecule has 1 aromatic rings. The van der Waals surface area contributed by atoms with E-state index in [9.17, 15) is 24.3 Å². The molecular formula is C28H42N6O7. The van der Waals surface area contributed by atoms with Crippen LogP contribution in [-0.4, -0.2) is 112 Å². The molecule has 1 aromatic heterocycles. The highest BCUT2D eigenvalue weighted by molar-refractivity contribution is 5.90. The standard InChI is InChI=1S/C28H42N6O7/c1-17(2)23(30-26(38)41-28(3,4)5)24(35)34-15-19(13-21(34)25(36)37)40-27(39)33-14-18-7-8-22(29-20(18)16-33)32-11-9-31(6)10-12-32/h7-8,17,19,21,23H,9-16H2,1-6H3,(H,30,38)(H,36,37)/t19-,21+,23+/m1/s1. The molecule has 2 fully saturated rings. The van der Waals surface area contributed by atoms with E-state index < -0.39 is 47.9 Å². The van der Waals surface area contributed by atoms with Gasteiger partial charge in [0.1, 0.15) is 29.6 Å². The zero-order valence-corrected chi connectivity index (χ0v) is 24.8. The Kier molecular flexibility index (Phi) is 8.95. The molecule has 13 nitrogen and oxygen atoms in total. The summed E-state index contributed by atoms with van der Waals surface area (Å²) in [7, 11) is 2.10. The molecule has 0 radical (unpaired) electrons. The van der Waals surface area contributed by atoms with Crippen molar-refractivity contribution in [3.63, 3.8) is 0 Å². The van der Waals surface area contributed by atoms with E-state index >= 15 is 0 Å². The fourth-order valence-electron chi connectivity index (χ4n) is 5.29. The molecule has 3 aliphatic heterocycles. The topological polar surface area (TPSA) is 145 Å². The number of likely N-dealkylation sites (tertiary alicyclic amines) is 1. The van der Waals surface area contributed by atoms with Crippen LogP contribution in [0, 0.1) is 5.92 Å². The zero-order valence-electron chi connectivity index (χ0n) is 24.8. The molecule has 0 bridgehead atoms. The number of alkyl carbamates (subject to hydrolysis) is 1. The number of fused-ring (bicyclic) bond motifs is 1. The van der Waals surface area contributed by atoms with Crippen LogP contribution < -0.4 is 10.2 Å². The van der Waals surface area contributed by atoms with Crippen LogP contribution in [0.4, 0.5) is 15.4 Å². The lowest BCUT2D eigenvalue weighted by molar-refractivity contribution is -0.149. The maximum atomic E-state index is 13.4. The zero-order chi connectivity index (χ0) is 30.1. The Morgan fingerprint density at radius 2 is 1.76 bits per heavy atom. The van der Waals surface area contributed by atoms with E-state index in [-0.39, 0.29) is 18.9 Å². The van der Waals surface area contributed by atoms with Crippen LogP contribution in [0.5, 0.6) is 0 Å². The second-order valence-corrected chi connectivity index (χ2v) is 12.4. The largest absolute Gasteiger partial charge is 0.480 e. The van der Waals surface area contributed by atoms with Gasteiger partial charge in [0.2, 0.25) is 5.91 Å². The van der Waals surface area contributed by atoms with Crippen molar-refractivity contribution in [2.24, 2.45) is 5.92 Å². The number of carbonyl (C=O) groups excluding carboxylic acids is 3. The summed E-state index contributed by atoms with van der Waals surface area (Å²) in [5.41, 5.74) is 1.000. The van der Waals surface area contributed by atoms with Gasteiger partial charge in [0.15, 0.2) is 0 Å². The molecular weight excluding hydrogens is 532 g/mol. The summed E-state index contributed by atoms with van der Waals surface area (Å²) in [5, 5.41) is 12.4. The Bertz CT molecular complexity index is 1160. The van der Waals surface area contributed by atoms with Gasteiger partial charge in [-0.25, -0.2) is 19.4 Å². The number of anilines is 1. The van der Waals surface area contributed by atoms with Crippen molar-refractivity contribution < 1.29 is 33.8 Å². The number of piperazine rings is 1. The number of hydrogen-bond donors (Lipinski definition) is 2. The van der Waals surface area contributed by atoms with Crippen molar-refractivity contribution in [3.8, 4) is 0 Å². The van der Waals surface area contributed by atoms with Gasteiger partial charge in [0, 0.05) is 32.6 Å². The van der Waals surface area contributed by atoms with Gasteiger partial charge in [-0.1, -0.05) is 19.9 Å². The number of likely N-dealkylation sites (N-methyl/N-ethyl adjacent to an activating group) is 1. The predicted octanol–water partition coefficient (Wildman–Crippen LogP) is 1.89. The fourth-order valence-corrected chi connectivity index (χ4v) is 5.29. The van der Waals surface area contributed by atoms with Crippen molar-refractivity contribution >= 4 is 29.9 Å². The fraction of sp³-hybridized carbons (Fsp3) is 0.679. The first-order valence-corrected chi connectivity index (χ1v) is 14.1. The van der Waals surface area contributed by atoms with Gasteiger partial charge in [-0.3, -0.25) is 9.69 Å². The second kappa shape index (κ2) is 12.1. The third kappa shape index (κ3) is 7.38. The molecule has 0 saturated carbocycles. The molecule has 13 heteroatoms. The van der Waals surface area contributed by atoms with Gasteiger partial charge in [-0.15, -0.1) is 0 Å². The summed E-state index contributed by atoms with van der Waals surface area (Å²) in [6.07, 6.45) is -2.20. The number of aromatic nitrogens is 1. The van der Waals surface area contributed by atoms with Crippen LogP contribution in [-0.2, 0) is 32.2 Å². The molecule has 0 spiro atoms. The minimum absolute atomic E-state index is 0.0450. The van der Waals surface area contributed by atoms with E-state index in [0.717, 1.165) is 43.3 Å². The van der Waals surface area contributed by atoms with Crippen LogP contribution >= 0.6 is 0 Å². The molecule has 0 aromatic carbocycles. The van der Waals surface area contributed by atoms with Crippen molar-refractivity contribution in [2.45, 2.75) is 77.9 Å². The molecule has 4 rings (SSSR count). The first kappa shape index (κ1) is 30.4. The highest BCUT2D eigenvalue weighted by Crippen LogP contribution is 2.28. The van der Waals surface area contributed by atoms with Crippen LogP contribution in [0.15, 0.2) is 12.1 Å². The first-order chi connectivity index (χ1) is 19.2. The maximum absolute atomic E-state index is 13.4. The Labute approximate surface area is 240 Å². The van der Waals surface area contributed by atoms with E-state index in [2.05, 4.69) is 22.2 Å². The molecule has 0 unspecified atom stereocenters. The first-order valence-electron chi connectivity index (χ1n) is 14.1. The molecule has 2 saturated heterocycles. The molecule has 2 N–H and O–H groups in total. The van der Waals surface area contributed by atoms with Gasteiger partial charge in [0.05, 0.1) is 25.3 Å². The number of aliphatic carboxylic acids is 1. The predicted molar refractivity (Wildman–Crippen MR) is 149 cm³/mol. The number of carbonyl (C=O) groups is 4. The van der Waals surface area contributed by atoms with Crippen molar-refractivity contribution in [1.29, 1.82) is 0 Å². The lowest BCUT2D eigenvalue weighted by Crippen LogP contribution is -2.54. The molecule has 3 aliphatic rings. The second-order valence-electron chi connectivity index (χ2n) is 12.4. The van der Waals surface area contributed by atoms with Crippen LogP contribution in [0.3, 0.4) is 0 Å². The van der Waals surface area contributed by atoms with Gasteiger partial charge in [-0.05, 0) is 45.4 Å². The average Bonchev–Trinajstić information content (AvgIpc) is 3.50. The summed E-state index contributed by atoms with van der Waals surface area (Å²) >= 11 is 0. The Hall–Kier alpha value is -3.61. The normalized spacial score (nSPS) is 22.0. The summed E-state index contributed by atoms with van der Waals surface area (Å²) in [4.78, 5) is 63.0. The third-order valence-electron chi connectivity index (χ3n) is 7.54. The lowest BCUT2D eigenvalue weighted by Gasteiger charge is -2.33. The highest BCUT2D eigenvalue weighted by Gasteiger charge is 2.45. The number of ether oxygens (including phenoxy) is 2. The van der Waals surface area contributed by atoms with Gasteiger partial charge >= 0.3 is 18.2 Å².